The largest absolute Gasteiger partial charge is 0.506 e. The number of thiol groups is 1. The van der Waals surface area contributed by atoms with Gasteiger partial charge < -0.3 is 5.11 Å². The van der Waals surface area contributed by atoms with Crippen LogP contribution in [0.2, 0.25) is 0 Å². The minimum atomic E-state index is 0.329. The summed E-state index contributed by atoms with van der Waals surface area (Å²) in [7, 11) is 0. The fourth-order valence-electron chi connectivity index (χ4n) is 3.44. The van der Waals surface area contributed by atoms with E-state index in [4.69, 9.17) is 12.6 Å². The molecule has 0 heterocycles. The molecule has 0 aliphatic carbocycles. The summed E-state index contributed by atoms with van der Waals surface area (Å²) in [6, 6.07) is 20.7. The van der Waals surface area contributed by atoms with Crippen LogP contribution < -0.4 is 0 Å². The van der Waals surface area contributed by atoms with Gasteiger partial charge in [0.25, 0.3) is 0 Å². The first-order chi connectivity index (χ1) is 12.7. The van der Waals surface area contributed by atoms with Crippen LogP contribution in [-0.4, -0.2) is 17.6 Å². The zero-order chi connectivity index (χ0) is 18.3. The highest BCUT2D eigenvalue weighted by Gasteiger charge is 2.20. The van der Waals surface area contributed by atoms with E-state index >= 15 is 0 Å². The Morgan fingerprint density at radius 1 is 0.731 bits per heavy atom. The molecule has 1 nitrogen and oxygen atoms in total. The predicted molar refractivity (Wildman–Crippen MR) is 119 cm³/mol. The molecule has 0 fully saturated rings. The van der Waals surface area contributed by atoms with Crippen molar-refractivity contribution >= 4 is 57.7 Å². The number of hydrogen-bond acceptors (Lipinski definition) is 4. The van der Waals surface area contributed by atoms with Crippen LogP contribution in [0.5, 0.6) is 5.75 Å². The van der Waals surface area contributed by atoms with E-state index in [0.29, 0.717) is 5.75 Å². The van der Waals surface area contributed by atoms with Crippen LogP contribution in [0.3, 0.4) is 0 Å². The summed E-state index contributed by atoms with van der Waals surface area (Å²) in [6.45, 7) is 0. The number of aromatic hydroxyl groups is 1. The molecule has 130 valence electrons. The maximum Gasteiger partial charge on any atom is 0.137 e. The number of benzene rings is 4. The number of phenols is 1. The molecule has 4 aromatic carbocycles. The monoisotopic (exact) mass is 394 g/mol. The molecule has 26 heavy (non-hydrogen) atoms. The summed E-state index contributed by atoms with van der Waals surface area (Å²) >= 11 is 8.11. The van der Waals surface area contributed by atoms with Gasteiger partial charge in [-0.3, -0.25) is 0 Å². The lowest BCUT2D eigenvalue weighted by Gasteiger charge is -2.18. The first-order valence-electron chi connectivity index (χ1n) is 8.23. The number of rotatable bonds is 3. The Labute approximate surface area is 167 Å². The molecule has 0 amide bonds. The molecule has 0 unspecified atom stereocenters. The van der Waals surface area contributed by atoms with Gasteiger partial charge >= 0.3 is 0 Å². The number of thioether (sulfide) groups is 2. The zero-order valence-corrected chi connectivity index (χ0v) is 17.0. The maximum absolute atomic E-state index is 11.1. The van der Waals surface area contributed by atoms with Crippen molar-refractivity contribution in [1.29, 1.82) is 0 Å². The molecular formula is C22H18OS3. The molecule has 0 atom stereocenters. The van der Waals surface area contributed by atoms with Gasteiger partial charge in [0.1, 0.15) is 5.75 Å². The first-order valence-corrected chi connectivity index (χ1v) is 11.1. The van der Waals surface area contributed by atoms with Crippen molar-refractivity contribution in [2.45, 2.75) is 14.7 Å². The average Bonchev–Trinajstić information content (AvgIpc) is 2.68. The van der Waals surface area contributed by atoms with Gasteiger partial charge in [-0.15, -0.1) is 36.2 Å². The Kier molecular flexibility index (Phi) is 4.82. The van der Waals surface area contributed by atoms with E-state index in [9.17, 15) is 5.11 Å². The number of hydrogen-bond donors (Lipinski definition) is 2. The Morgan fingerprint density at radius 2 is 1.23 bits per heavy atom. The minimum absolute atomic E-state index is 0.329. The van der Waals surface area contributed by atoms with Crippen LogP contribution in [0, 0.1) is 0 Å². The number of fused-ring (bicyclic) bond motifs is 2. The standard InChI is InChI=1S/C22H18OS3/c1-25-17-11-13-7-3-5-9-15(13)19(21(17)23)20-16-10-6-4-8-14(16)12-18(26-2)22(20)24/h3-12,23-24H,1-2H3. The van der Waals surface area contributed by atoms with E-state index in [0.717, 1.165) is 47.4 Å². The molecule has 0 aliphatic rings. The SMILES string of the molecule is CSc1cc2ccccc2c(-c2c(S)c(SC)cc3ccccc23)c1O. The highest BCUT2D eigenvalue weighted by molar-refractivity contribution is 7.99. The third-order valence-corrected chi connectivity index (χ3v) is 6.79. The summed E-state index contributed by atoms with van der Waals surface area (Å²) < 4.78 is 0. The van der Waals surface area contributed by atoms with Gasteiger partial charge in [0, 0.05) is 20.9 Å². The predicted octanol–water partition coefficient (Wildman–Crippen LogP) is 7.10. The quantitative estimate of drug-likeness (QED) is 0.286. The molecule has 0 spiro atoms. The van der Waals surface area contributed by atoms with Gasteiger partial charge in [0.15, 0.2) is 0 Å². The van der Waals surface area contributed by atoms with E-state index < -0.39 is 0 Å². The zero-order valence-electron chi connectivity index (χ0n) is 14.5. The van der Waals surface area contributed by atoms with Crippen molar-refractivity contribution in [2.24, 2.45) is 0 Å². The van der Waals surface area contributed by atoms with Gasteiger partial charge in [0.05, 0.1) is 4.90 Å². The Balaban J connectivity index is 2.24. The van der Waals surface area contributed by atoms with Gasteiger partial charge in [-0.05, 0) is 46.2 Å². The van der Waals surface area contributed by atoms with Crippen molar-refractivity contribution in [3.63, 3.8) is 0 Å². The fraction of sp³-hybridized carbons (Fsp3) is 0.0909. The third-order valence-electron chi connectivity index (χ3n) is 4.66. The van der Waals surface area contributed by atoms with Crippen molar-refractivity contribution in [1.82, 2.24) is 0 Å². The van der Waals surface area contributed by atoms with Crippen molar-refractivity contribution < 1.29 is 5.11 Å². The molecule has 4 rings (SSSR count). The summed E-state index contributed by atoms with van der Waals surface area (Å²) in [6.07, 6.45) is 4.05. The number of phenolic OH excluding ortho intramolecular Hbond substituents is 1. The molecule has 0 saturated heterocycles. The highest BCUT2D eigenvalue weighted by atomic mass is 32.2. The van der Waals surface area contributed by atoms with Crippen LogP contribution in [0.1, 0.15) is 0 Å². The molecular weight excluding hydrogens is 376 g/mol. The molecule has 1 N–H and O–H groups in total. The second-order valence-electron chi connectivity index (χ2n) is 6.05. The Morgan fingerprint density at radius 3 is 1.81 bits per heavy atom. The maximum atomic E-state index is 11.1. The molecule has 0 radical (unpaired) electrons. The molecule has 0 aromatic heterocycles. The van der Waals surface area contributed by atoms with Crippen molar-refractivity contribution in [3.05, 3.63) is 60.7 Å². The van der Waals surface area contributed by atoms with E-state index in [1.807, 2.05) is 30.5 Å². The average molecular weight is 395 g/mol. The van der Waals surface area contributed by atoms with Crippen molar-refractivity contribution in [3.8, 4) is 16.9 Å². The van der Waals surface area contributed by atoms with E-state index in [1.165, 1.54) is 0 Å². The van der Waals surface area contributed by atoms with Crippen LogP contribution in [-0.2, 0) is 0 Å². The van der Waals surface area contributed by atoms with E-state index in [1.54, 1.807) is 23.5 Å². The van der Waals surface area contributed by atoms with E-state index in [2.05, 4.69) is 42.7 Å². The van der Waals surface area contributed by atoms with E-state index in [-0.39, 0.29) is 0 Å². The molecule has 0 saturated carbocycles. The normalized spacial score (nSPS) is 11.3. The van der Waals surface area contributed by atoms with Crippen LogP contribution in [0.15, 0.2) is 75.4 Å². The molecule has 4 aromatic rings. The molecule has 0 bridgehead atoms. The lowest BCUT2D eigenvalue weighted by atomic mass is 9.93. The van der Waals surface area contributed by atoms with Gasteiger partial charge in [-0.2, -0.15) is 0 Å². The first kappa shape index (κ1) is 17.7. The lowest BCUT2D eigenvalue weighted by molar-refractivity contribution is 0.465. The fourth-order valence-corrected chi connectivity index (χ4v) is 5.09. The summed E-state index contributed by atoms with van der Waals surface area (Å²) in [4.78, 5) is 2.90. The Bertz CT molecular complexity index is 1040. The Hall–Kier alpha value is -1.75. The minimum Gasteiger partial charge on any atom is -0.506 e. The summed E-state index contributed by atoms with van der Waals surface area (Å²) in [5.74, 6) is 0.329. The second kappa shape index (κ2) is 7.10. The smallest absolute Gasteiger partial charge is 0.137 e. The van der Waals surface area contributed by atoms with Gasteiger partial charge in [0.2, 0.25) is 0 Å². The second-order valence-corrected chi connectivity index (χ2v) is 8.19. The van der Waals surface area contributed by atoms with Crippen LogP contribution in [0.4, 0.5) is 0 Å². The topological polar surface area (TPSA) is 20.2 Å². The summed E-state index contributed by atoms with van der Waals surface area (Å²) in [5.41, 5.74) is 1.87. The third kappa shape index (κ3) is 2.77. The molecule has 0 aliphatic heterocycles. The van der Waals surface area contributed by atoms with Gasteiger partial charge in [-0.25, -0.2) is 0 Å². The van der Waals surface area contributed by atoms with Crippen LogP contribution in [0.25, 0.3) is 32.7 Å². The van der Waals surface area contributed by atoms with Gasteiger partial charge in [-0.1, -0.05) is 48.5 Å². The highest BCUT2D eigenvalue weighted by Crippen LogP contribution is 2.48. The lowest BCUT2D eigenvalue weighted by Crippen LogP contribution is -1.91. The van der Waals surface area contributed by atoms with Crippen molar-refractivity contribution in [2.75, 3.05) is 12.5 Å². The van der Waals surface area contributed by atoms with Crippen LogP contribution >= 0.6 is 36.2 Å². The summed E-state index contributed by atoms with van der Waals surface area (Å²) in [5, 5.41) is 15.6. The molecule has 4 heteroatoms.